The van der Waals surface area contributed by atoms with Gasteiger partial charge in [0, 0.05) is 3.57 Å². The molecule has 0 N–H and O–H groups in total. The van der Waals surface area contributed by atoms with Gasteiger partial charge in [0.2, 0.25) is 0 Å². The second kappa shape index (κ2) is 5.12. The van der Waals surface area contributed by atoms with E-state index in [-0.39, 0.29) is 11.1 Å². The van der Waals surface area contributed by atoms with Gasteiger partial charge in [0.15, 0.2) is 0 Å². The lowest BCUT2D eigenvalue weighted by Crippen LogP contribution is -2.13. The molecule has 0 saturated heterocycles. The SMILES string of the molecule is COC(=O)c1c(C)c(I)c(C)c(S(=O)(=O)F)c1C. The van der Waals surface area contributed by atoms with Gasteiger partial charge in [0.05, 0.1) is 12.7 Å². The monoisotopic (exact) mass is 386 g/mol. The molecular formula is C11H12FIO4S. The number of hydrogen-bond acceptors (Lipinski definition) is 4. The standard InChI is InChI=1S/C11H12FIO4S/c1-5-8(11(14)17-4)6(2)10(18(12,15)16)7(3)9(5)13/h1-4H3. The minimum atomic E-state index is -4.88. The van der Waals surface area contributed by atoms with Gasteiger partial charge >= 0.3 is 16.2 Å². The Bertz CT molecular complexity index is 623. The summed E-state index contributed by atoms with van der Waals surface area (Å²) in [6, 6.07) is 0. The van der Waals surface area contributed by atoms with Crippen LogP contribution in [0.5, 0.6) is 0 Å². The molecule has 0 spiro atoms. The zero-order valence-electron chi connectivity index (χ0n) is 10.3. The van der Waals surface area contributed by atoms with E-state index in [0.29, 0.717) is 14.7 Å². The van der Waals surface area contributed by atoms with E-state index in [9.17, 15) is 17.1 Å². The maximum absolute atomic E-state index is 13.3. The van der Waals surface area contributed by atoms with Crippen molar-refractivity contribution in [2.75, 3.05) is 7.11 Å². The van der Waals surface area contributed by atoms with Crippen LogP contribution in [0.1, 0.15) is 27.0 Å². The molecule has 7 heteroatoms. The number of rotatable bonds is 2. The first kappa shape index (κ1) is 15.4. The average Bonchev–Trinajstić information content (AvgIpc) is 2.24. The number of hydrogen-bond donors (Lipinski definition) is 0. The fourth-order valence-corrected chi connectivity index (χ4v) is 3.60. The molecule has 0 fully saturated rings. The van der Waals surface area contributed by atoms with E-state index in [0.717, 1.165) is 0 Å². The van der Waals surface area contributed by atoms with E-state index >= 15 is 0 Å². The Morgan fingerprint density at radius 3 is 2.06 bits per heavy atom. The highest BCUT2D eigenvalue weighted by Gasteiger charge is 2.27. The van der Waals surface area contributed by atoms with Crippen LogP contribution in [0.25, 0.3) is 0 Å². The van der Waals surface area contributed by atoms with Gasteiger partial charge in [-0.2, -0.15) is 8.42 Å². The number of benzene rings is 1. The molecule has 0 atom stereocenters. The van der Waals surface area contributed by atoms with E-state index in [1.54, 1.807) is 6.92 Å². The third-order valence-electron chi connectivity index (χ3n) is 2.72. The second-order valence-corrected chi connectivity index (χ2v) is 6.19. The fraction of sp³-hybridized carbons (Fsp3) is 0.364. The molecule has 0 bridgehead atoms. The maximum atomic E-state index is 13.3. The molecule has 0 aromatic heterocycles. The molecule has 18 heavy (non-hydrogen) atoms. The van der Waals surface area contributed by atoms with Crippen molar-refractivity contribution in [3.05, 3.63) is 25.8 Å². The summed E-state index contributed by atoms with van der Waals surface area (Å²) in [5.41, 5.74) is 1.08. The molecule has 0 unspecified atom stereocenters. The van der Waals surface area contributed by atoms with Crippen LogP contribution in [0.3, 0.4) is 0 Å². The summed E-state index contributed by atoms with van der Waals surface area (Å²) in [6.07, 6.45) is 0. The van der Waals surface area contributed by atoms with E-state index in [2.05, 4.69) is 4.74 Å². The normalized spacial score (nSPS) is 11.4. The molecule has 0 saturated carbocycles. The summed E-state index contributed by atoms with van der Waals surface area (Å²) in [4.78, 5) is 11.2. The van der Waals surface area contributed by atoms with Crippen LogP contribution in [0.15, 0.2) is 4.90 Å². The molecule has 4 nitrogen and oxygen atoms in total. The van der Waals surface area contributed by atoms with Crippen LogP contribution in [0.2, 0.25) is 0 Å². The summed E-state index contributed by atoms with van der Waals surface area (Å²) in [6.45, 7) is 4.58. The summed E-state index contributed by atoms with van der Waals surface area (Å²) >= 11 is 1.89. The first-order valence-corrected chi connectivity index (χ1v) is 7.41. The Morgan fingerprint density at radius 2 is 1.67 bits per heavy atom. The molecule has 0 aliphatic heterocycles. The molecule has 0 aliphatic rings. The summed E-state index contributed by atoms with van der Waals surface area (Å²) in [5.74, 6) is -0.673. The van der Waals surface area contributed by atoms with Crippen molar-refractivity contribution in [2.24, 2.45) is 0 Å². The van der Waals surface area contributed by atoms with Gasteiger partial charge in [-0.15, -0.1) is 3.89 Å². The maximum Gasteiger partial charge on any atom is 0.338 e. The smallest absolute Gasteiger partial charge is 0.338 e. The summed E-state index contributed by atoms with van der Waals surface area (Å²) in [5, 5.41) is 0. The van der Waals surface area contributed by atoms with Gasteiger partial charge in [-0.25, -0.2) is 4.79 Å². The molecule has 1 aromatic carbocycles. The lowest BCUT2D eigenvalue weighted by Gasteiger charge is -2.15. The number of halogens is 2. The van der Waals surface area contributed by atoms with E-state index < -0.39 is 21.1 Å². The number of carbonyl (C=O) groups is 1. The van der Waals surface area contributed by atoms with Crippen molar-refractivity contribution >= 4 is 38.8 Å². The Hall–Kier alpha value is -0.700. The van der Waals surface area contributed by atoms with Crippen molar-refractivity contribution < 1.29 is 21.8 Å². The summed E-state index contributed by atoms with van der Waals surface area (Å²) < 4.78 is 40.8. The van der Waals surface area contributed by atoms with Gasteiger partial charge in [0.25, 0.3) is 0 Å². The van der Waals surface area contributed by atoms with Crippen LogP contribution in [0, 0.1) is 24.3 Å². The van der Waals surface area contributed by atoms with Crippen molar-refractivity contribution in [3.63, 3.8) is 0 Å². The molecule has 100 valence electrons. The van der Waals surface area contributed by atoms with Crippen LogP contribution in [-0.2, 0) is 15.0 Å². The Morgan fingerprint density at radius 1 is 1.17 bits per heavy atom. The van der Waals surface area contributed by atoms with Gasteiger partial charge in [-0.1, -0.05) is 0 Å². The molecule has 0 radical (unpaired) electrons. The molecule has 1 aromatic rings. The van der Waals surface area contributed by atoms with Crippen LogP contribution in [0.4, 0.5) is 3.89 Å². The van der Waals surface area contributed by atoms with Crippen LogP contribution >= 0.6 is 22.6 Å². The molecular weight excluding hydrogens is 374 g/mol. The predicted molar refractivity (Wildman–Crippen MR) is 73.0 cm³/mol. The van der Waals surface area contributed by atoms with E-state index in [1.807, 2.05) is 22.6 Å². The highest BCUT2D eigenvalue weighted by molar-refractivity contribution is 14.1. The molecule has 0 amide bonds. The predicted octanol–water partition coefficient (Wildman–Crippen LogP) is 2.66. The summed E-state index contributed by atoms with van der Waals surface area (Å²) in [7, 11) is -3.69. The molecule has 0 heterocycles. The van der Waals surface area contributed by atoms with Crippen molar-refractivity contribution in [3.8, 4) is 0 Å². The van der Waals surface area contributed by atoms with Gasteiger partial charge in [0.1, 0.15) is 4.90 Å². The third-order valence-corrected chi connectivity index (χ3v) is 5.44. The van der Waals surface area contributed by atoms with Crippen molar-refractivity contribution in [1.82, 2.24) is 0 Å². The zero-order chi connectivity index (χ0) is 14.2. The average molecular weight is 386 g/mol. The van der Waals surface area contributed by atoms with Crippen molar-refractivity contribution in [2.45, 2.75) is 25.7 Å². The number of carbonyl (C=O) groups excluding carboxylic acids is 1. The first-order chi connectivity index (χ1) is 8.12. The van der Waals surface area contributed by atoms with Crippen LogP contribution < -0.4 is 0 Å². The molecule has 1 rings (SSSR count). The minimum Gasteiger partial charge on any atom is -0.465 e. The highest BCUT2D eigenvalue weighted by Crippen LogP contribution is 2.32. The topological polar surface area (TPSA) is 60.4 Å². The lowest BCUT2D eigenvalue weighted by atomic mass is 10.00. The Balaban J connectivity index is 3.89. The van der Waals surface area contributed by atoms with Gasteiger partial charge in [-0.3, -0.25) is 0 Å². The highest BCUT2D eigenvalue weighted by atomic mass is 127. The van der Waals surface area contributed by atoms with Gasteiger partial charge < -0.3 is 4.74 Å². The second-order valence-electron chi connectivity index (χ2n) is 3.82. The lowest BCUT2D eigenvalue weighted by molar-refractivity contribution is 0.0598. The Labute approximate surface area is 119 Å². The van der Waals surface area contributed by atoms with E-state index in [4.69, 9.17) is 0 Å². The zero-order valence-corrected chi connectivity index (χ0v) is 13.3. The van der Waals surface area contributed by atoms with Crippen molar-refractivity contribution in [1.29, 1.82) is 0 Å². The fourth-order valence-electron chi connectivity index (χ4n) is 1.94. The number of esters is 1. The minimum absolute atomic E-state index is 0.0831. The van der Waals surface area contributed by atoms with Gasteiger partial charge in [-0.05, 0) is 60.1 Å². The van der Waals surface area contributed by atoms with Crippen LogP contribution in [-0.4, -0.2) is 21.5 Å². The largest absolute Gasteiger partial charge is 0.465 e. The first-order valence-electron chi connectivity index (χ1n) is 4.95. The quantitative estimate of drug-likeness (QED) is 0.446. The third kappa shape index (κ3) is 2.51. The molecule has 0 aliphatic carbocycles. The van der Waals surface area contributed by atoms with E-state index in [1.165, 1.54) is 21.0 Å². The Kier molecular flexibility index (Phi) is 4.37. The number of ether oxygens (including phenoxy) is 1. The number of methoxy groups -OCH3 is 1.